The monoisotopic (exact) mass is 562 g/mol. The predicted octanol–water partition coefficient (Wildman–Crippen LogP) is 2.68. The Morgan fingerprint density at radius 2 is 1.80 bits per heavy atom. The van der Waals surface area contributed by atoms with Crippen LogP contribution in [0.2, 0.25) is 0 Å². The smallest absolute Gasteiger partial charge is 0.338 e. The quantitative estimate of drug-likeness (QED) is 0.233. The minimum Gasteiger partial charge on any atom is -0.493 e. The van der Waals surface area contributed by atoms with Crippen molar-refractivity contribution in [2.45, 2.75) is 19.9 Å². The number of aromatic nitrogens is 1. The molecule has 1 unspecified atom stereocenters. The molecule has 0 bridgehead atoms. The molecule has 0 aliphatic carbocycles. The highest BCUT2D eigenvalue weighted by atomic mass is 32.1. The van der Waals surface area contributed by atoms with Crippen molar-refractivity contribution in [2.24, 2.45) is 4.99 Å². The molecule has 11 heteroatoms. The Morgan fingerprint density at radius 1 is 1.07 bits per heavy atom. The second kappa shape index (κ2) is 12.0. The number of allylic oxidation sites excluding steroid dienone is 1. The van der Waals surface area contributed by atoms with E-state index in [2.05, 4.69) is 11.6 Å². The van der Waals surface area contributed by atoms with E-state index in [0.29, 0.717) is 31.7 Å². The molecule has 0 fully saturated rings. The molecule has 1 atom stereocenters. The van der Waals surface area contributed by atoms with Crippen LogP contribution in [-0.4, -0.2) is 43.3 Å². The van der Waals surface area contributed by atoms with E-state index < -0.39 is 23.9 Å². The van der Waals surface area contributed by atoms with Gasteiger partial charge in [0.05, 0.1) is 41.6 Å². The van der Waals surface area contributed by atoms with Crippen LogP contribution in [0.5, 0.6) is 11.5 Å². The van der Waals surface area contributed by atoms with Crippen LogP contribution in [0.4, 0.5) is 0 Å². The minimum atomic E-state index is -0.905. The fourth-order valence-corrected chi connectivity index (χ4v) is 5.24. The number of nitrogens with zero attached hydrogens (tertiary/aromatic N) is 2. The van der Waals surface area contributed by atoms with Gasteiger partial charge in [-0.1, -0.05) is 42.2 Å². The van der Waals surface area contributed by atoms with Crippen molar-refractivity contribution in [1.82, 2.24) is 4.57 Å². The molecule has 1 aliphatic heterocycles. The Morgan fingerprint density at radius 3 is 2.42 bits per heavy atom. The van der Waals surface area contributed by atoms with Crippen molar-refractivity contribution in [3.8, 4) is 11.5 Å². The molecule has 10 nitrogen and oxygen atoms in total. The average molecular weight is 563 g/mol. The van der Waals surface area contributed by atoms with E-state index in [-0.39, 0.29) is 29.2 Å². The summed E-state index contributed by atoms with van der Waals surface area (Å²) in [6.45, 7) is 6.50. The lowest BCUT2D eigenvalue weighted by molar-refractivity contribution is -0.138. The second-order valence-electron chi connectivity index (χ2n) is 8.59. The molecule has 2 aromatic carbocycles. The third kappa shape index (κ3) is 5.64. The van der Waals surface area contributed by atoms with E-state index in [1.165, 1.54) is 37.9 Å². The van der Waals surface area contributed by atoms with Crippen LogP contribution in [0.25, 0.3) is 6.08 Å². The molecular weight excluding hydrogens is 536 g/mol. The van der Waals surface area contributed by atoms with Crippen LogP contribution in [0, 0.1) is 0 Å². The number of rotatable bonds is 8. The van der Waals surface area contributed by atoms with Crippen molar-refractivity contribution in [1.29, 1.82) is 0 Å². The zero-order valence-corrected chi connectivity index (χ0v) is 23.1. The lowest BCUT2D eigenvalue weighted by atomic mass is 9.95. The minimum absolute atomic E-state index is 0.0248. The van der Waals surface area contributed by atoms with Gasteiger partial charge >= 0.3 is 17.9 Å². The highest BCUT2D eigenvalue weighted by Gasteiger charge is 2.34. The molecule has 2 heterocycles. The van der Waals surface area contributed by atoms with Gasteiger partial charge in [0.15, 0.2) is 16.3 Å². The first-order chi connectivity index (χ1) is 19.2. The summed E-state index contributed by atoms with van der Waals surface area (Å²) in [7, 11) is 2.72. The molecule has 4 rings (SSSR count). The lowest BCUT2D eigenvalue weighted by Crippen LogP contribution is -2.40. The van der Waals surface area contributed by atoms with Gasteiger partial charge in [-0.15, -0.1) is 0 Å². The molecular formula is C29H26N2O8S. The number of thiazole rings is 1. The fourth-order valence-electron chi connectivity index (χ4n) is 4.19. The third-order valence-electron chi connectivity index (χ3n) is 5.96. The number of hydrogen-bond donors (Lipinski definition) is 0. The van der Waals surface area contributed by atoms with Crippen molar-refractivity contribution < 1.29 is 33.3 Å². The number of carbonyl (C=O) groups is 3. The van der Waals surface area contributed by atoms with Crippen LogP contribution in [0.15, 0.2) is 76.2 Å². The van der Waals surface area contributed by atoms with Crippen molar-refractivity contribution in [3.63, 3.8) is 0 Å². The SMILES string of the molecule is C=CCOC(=O)C1=C(C)N=c2sc(=Cc3ccc(C(=O)OC)cc3)c(=O)n2C1c1ccc(OC(C)=O)c(OC)c1. The lowest BCUT2D eigenvalue weighted by Gasteiger charge is -2.25. The second-order valence-corrected chi connectivity index (χ2v) is 9.60. The number of carbonyl (C=O) groups excluding carboxylic acids is 3. The molecule has 0 saturated carbocycles. The molecule has 206 valence electrons. The first-order valence-electron chi connectivity index (χ1n) is 12.0. The van der Waals surface area contributed by atoms with E-state index in [0.717, 1.165) is 11.3 Å². The summed E-state index contributed by atoms with van der Waals surface area (Å²) in [6, 6.07) is 10.5. The Labute approximate surface area is 233 Å². The number of benzene rings is 2. The summed E-state index contributed by atoms with van der Waals surface area (Å²) in [6.07, 6.45) is 3.13. The third-order valence-corrected chi connectivity index (χ3v) is 6.94. The fraction of sp³-hybridized carbons (Fsp3) is 0.207. The van der Waals surface area contributed by atoms with Gasteiger partial charge in [-0.2, -0.15) is 0 Å². The molecule has 0 spiro atoms. The van der Waals surface area contributed by atoms with Crippen LogP contribution in [0.3, 0.4) is 0 Å². The van der Waals surface area contributed by atoms with Crippen LogP contribution in [0.1, 0.15) is 41.4 Å². The maximum absolute atomic E-state index is 13.8. The highest BCUT2D eigenvalue weighted by Crippen LogP contribution is 2.36. The topological polar surface area (TPSA) is 122 Å². The van der Waals surface area contributed by atoms with E-state index >= 15 is 0 Å². The standard InChI is InChI=1S/C29H26N2O8S/c1-6-13-38-28(35)24-16(2)30-29-31(25(24)20-11-12-21(39-17(3)32)22(15-20)36-4)26(33)23(40-29)14-18-7-9-19(10-8-18)27(34)37-5/h6-12,14-15,25H,1,13H2,2-5H3. The van der Waals surface area contributed by atoms with Gasteiger partial charge < -0.3 is 18.9 Å². The van der Waals surface area contributed by atoms with Gasteiger partial charge in [-0.25, -0.2) is 14.6 Å². The molecule has 40 heavy (non-hydrogen) atoms. The first kappa shape index (κ1) is 28.2. The summed E-state index contributed by atoms with van der Waals surface area (Å²) < 4.78 is 22.5. The van der Waals surface area contributed by atoms with Crippen molar-refractivity contribution in [3.05, 3.63) is 103 Å². The number of methoxy groups -OCH3 is 2. The molecule has 0 N–H and O–H groups in total. The number of fused-ring (bicyclic) bond motifs is 1. The number of esters is 3. The molecule has 3 aromatic rings. The van der Waals surface area contributed by atoms with Crippen LogP contribution < -0.4 is 24.4 Å². The first-order valence-corrected chi connectivity index (χ1v) is 12.9. The zero-order chi connectivity index (χ0) is 29.0. The summed E-state index contributed by atoms with van der Waals surface area (Å²) in [5.74, 6) is -1.20. The summed E-state index contributed by atoms with van der Waals surface area (Å²) >= 11 is 1.16. The molecule has 1 aromatic heterocycles. The number of hydrogen-bond acceptors (Lipinski definition) is 10. The predicted molar refractivity (Wildman–Crippen MR) is 147 cm³/mol. The van der Waals surface area contributed by atoms with Gasteiger partial charge in [-0.05, 0) is 48.4 Å². The average Bonchev–Trinajstić information content (AvgIpc) is 3.24. The van der Waals surface area contributed by atoms with Gasteiger partial charge in [0, 0.05) is 6.92 Å². The maximum Gasteiger partial charge on any atom is 0.338 e. The maximum atomic E-state index is 13.8. The normalized spacial score (nSPS) is 14.6. The van der Waals surface area contributed by atoms with Gasteiger partial charge in [-0.3, -0.25) is 14.2 Å². The Bertz CT molecular complexity index is 1710. The Kier molecular flexibility index (Phi) is 8.44. The van der Waals surface area contributed by atoms with Crippen molar-refractivity contribution in [2.75, 3.05) is 20.8 Å². The molecule has 1 aliphatic rings. The van der Waals surface area contributed by atoms with E-state index in [9.17, 15) is 19.2 Å². The molecule has 0 amide bonds. The van der Waals surface area contributed by atoms with E-state index in [1.807, 2.05) is 0 Å². The summed E-state index contributed by atoms with van der Waals surface area (Å²) in [4.78, 5) is 55.2. The van der Waals surface area contributed by atoms with Crippen molar-refractivity contribution >= 4 is 35.3 Å². The Hall–Kier alpha value is -4.77. The highest BCUT2D eigenvalue weighted by molar-refractivity contribution is 7.07. The van der Waals surface area contributed by atoms with Gasteiger partial charge in [0.1, 0.15) is 6.61 Å². The zero-order valence-electron chi connectivity index (χ0n) is 22.3. The largest absolute Gasteiger partial charge is 0.493 e. The summed E-state index contributed by atoms with van der Waals surface area (Å²) in [5.41, 5.74) is 1.76. The summed E-state index contributed by atoms with van der Waals surface area (Å²) in [5, 5.41) is 0. The van der Waals surface area contributed by atoms with Gasteiger partial charge in [0.25, 0.3) is 5.56 Å². The van der Waals surface area contributed by atoms with Gasteiger partial charge in [0.2, 0.25) is 0 Å². The van der Waals surface area contributed by atoms with E-state index in [4.69, 9.17) is 18.9 Å². The Balaban J connectivity index is 1.89. The molecule has 0 saturated heterocycles. The van der Waals surface area contributed by atoms with Crippen LogP contribution in [-0.2, 0) is 19.1 Å². The van der Waals surface area contributed by atoms with Crippen LogP contribution >= 0.6 is 11.3 Å². The molecule has 0 radical (unpaired) electrons. The van der Waals surface area contributed by atoms with E-state index in [1.54, 1.807) is 49.4 Å². The number of ether oxygens (including phenoxy) is 4.